The molecule has 0 spiro atoms. The van der Waals surface area contributed by atoms with Crippen LogP contribution in [0.2, 0.25) is 0 Å². The number of hydrogen-bond acceptors (Lipinski definition) is 6. The summed E-state index contributed by atoms with van der Waals surface area (Å²) in [4.78, 5) is 23.9. The van der Waals surface area contributed by atoms with E-state index in [4.69, 9.17) is 9.84 Å². The molecule has 7 heteroatoms. The van der Waals surface area contributed by atoms with Crippen LogP contribution < -0.4 is 9.64 Å². The third-order valence-electron chi connectivity index (χ3n) is 4.19. The lowest BCUT2D eigenvalue weighted by atomic mass is 10.2. The third kappa shape index (κ3) is 4.67. The number of carboxylic acid groups (broad SMARTS) is 1. The number of rotatable bonds is 6. The largest absolute Gasteiger partial charge is 0.481 e. The van der Waals surface area contributed by atoms with Crippen LogP contribution in [0.1, 0.15) is 13.3 Å². The highest BCUT2D eigenvalue weighted by molar-refractivity contribution is 5.66. The number of anilines is 1. The summed E-state index contributed by atoms with van der Waals surface area (Å²) in [5.41, 5.74) is 0. The number of hydrogen-bond donors (Lipinski definition) is 1. The average molecular weight is 342 g/mol. The molecular formula is C18H22N4O3. The smallest absolute Gasteiger partial charge is 0.304 e. The molecule has 2 aromatic rings. The number of piperazine rings is 1. The van der Waals surface area contributed by atoms with Crippen molar-refractivity contribution in [3.05, 3.63) is 42.6 Å². The van der Waals surface area contributed by atoms with Gasteiger partial charge in [-0.3, -0.25) is 9.69 Å². The van der Waals surface area contributed by atoms with Crippen LogP contribution in [0.3, 0.4) is 0 Å². The van der Waals surface area contributed by atoms with Gasteiger partial charge in [-0.2, -0.15) is 4.98 Å². The normalized spacial score (nSPS) is 18.1. The van der Waals surface area contributed by atoms with Crippen molar-refractivity contribution in [2.24, 2.45) is 0 Å². The minimum absolute atomic E-state index is 0.170. The first kappa shape index (κ1) is 17.2. The number of nitrogens with zero attached hydrogens (tertiary/aromatic N) is 4. The lowest BCUT2D eigenvalue weighted by Gasteiger charge is -2.39. The van der Waals surface area contributed by atoms with Gasteiger partial charge in [0.1, 0.15) is 5.75 Å². The Morgan fingerprint density at radius 1 is 1.28 bits per heavy atom. The maximum atomic E-state index is 10.7. The summed E-state index contributed by atoms with van der Waals surface area (Å²) in [6.07, 6.45) is 1.87. The Hall–Kier alpha value is -2.67. The van der Waals surface area contributed by atoms with Crippen molar-refractivity contribution in [3.63, 3.8) is 0 Å². The van der Waals surface area contributed by atoms with E-state index in [1.165, 1.54) is 0 Å². The topological polar surface area (TPSA) is 78.8 Å². The average Bonchev–Trinajstić information content (AvgIpc) is 2.61. The van der Waals surface area contributed by atoms with Gasteiger partial charge in [-0.25, -0.2) is 4.98 Å². The molecule has 3 rings (SSSR count). The van der Waals surface area contributed by atoms with Crippen molar-refractivity contribution in [1.29, 1.82) is 0 Å². The third-order valence-corrected chi connectivity index (χ3v) is 4.19. The van der Waals surface area contributed by atoms with E-state index >= 15 is 0 Å². The van der Waals surface area contributed by atoms with E-state index < -0.39 is 5.97 Å². The number of aliphatic carboxylic acids is 1. The standard InChI is InChI=1S/C18H22N4O3/c1-14-13-21(10-8-17(23)24)11-12-22(14)18-19-9-7-16(20-18)25-15-5-3-2-4-6-15/h2-7,9,14H,8,10-13H2,1H3,(H,23,24). The van der Waals surface area contributed by atoms with Gasteiger partial charge in [0.25, 0.3) is 0 Å². The minimum Gasteiger partial charge on any atom is -0.481 e. The van der Waals surface area contributed by atoms with Gasteiger partial charge in [0.05, 0.1) is 6.42 Å². The van der Waals surface area contributed by atoms with E-state index in [9.17, 15) is 4.79 Å². The first-order valence-corrected chi connectivity index (χ1v) is 8.38. The Morgan fingerprint density at radius 2 is 2.08 bits per heavy atom. The molecule has 1 aromatic heterocycles. The number of para-hydroxylation sites is 1. The number of carboxylic acids is 1. The first-order chi connectivity index (χ1) is 12.1. The predicted molar refractivity (Wildman–Crippen MR) is 94.0 cm³/mol. The molecule has 1 saturated heterocycles. The van der Waals surface area contributed by atoms with Crippen LogP contribution in [0.15, 0.2) is 42.6 Å². The van der Waals surface area contributed by atoms with Gasteiger partial charge in [-0.1, -0.05) is 18.2 Å². The Morgan fingerprint density at radius 3 is 2.80 bits per heavy atom. The Kier molecular flexibility index (Phi) is 5.45. The molecule has 1 atom stereocenters. The van der Waals surface area contributed by atoms with Crippen molar-refractivity contribution >= 4 is 11.9 Å². The van der Waals surface area contributed by atoms with Crippen molar-refractivity contribution in [1.82, 2.24) is 14.9 Å². The van der Waals surface area contributed by atoms with E-state index in [1.807, 2.05) is 30.3 Å². The molecule has 7 nitrogen and oxygen atoms in total. The quantitative estimate of drug-likeness (QED) is 0.862. The Labute approximate surface area is 146 Å². The second-order valence-electron chi connectivity index (χ2n) is 6.10. The number of carbonyl (C=O) groups is 1. The van der Waals surface area contributed by atoms with Gasteiger partial charge in [-0.05, 0) is 19.1 Å². The van der Waals surface area contributed by atoms with Crippen LogP contribution in [0.4, 0.5) is 5.95 Å². The van der Waals surface area contributed by atoms with E-state index in [0.717, 1.165) is 25.4 Å². The van der Waals surface area contributed by atoms with Crippen LogP contribution in [-0.4, -0.2) is 58.2 Å². The van der Waals surface area contributed by atoms with E-state index in [2.05, 4.69) is 26.7 Å². The number of aromatic nitrogens is 2. The molecule has 132 valence electrons. The molecule has 1 fully saturated rings. The molecule has 2 heterocycles. The second kappa shape index (κ2) is 7.94. The first-order valence-electron chi connectivity index (χ1n) is 8.38. The van der Waals surface area contributed by atoms with Gasteiger partial charge in [-0.15, -0.1) is 0 Å². The van der Waals surface area contributed by atoms with Crippen molar-refractivity contribution < 1.29 is 14.6 Å². The van der Waals surface area contributed by atoms with E-state index in [1.54, 1.807) is 12.3 Å². The summed E-state index contributed by atoms with van der Waals surface area (Å²) in [5.74, 6) is 1.12. The molecule has 0 bridgehead atoms. The molecule has 0 amide bonds. The number of ether oxygens (including phenoxy) is 1. The van der Waals surface area contributed by atoms with Gasteiger partial charge in [0.2, 0.25) is 11.8 Å². The fraction of sp³-hybridized carbons (Fsp3) is 0.389. The molecule has 25 heavy (non-hydrogen) atoms. The number of benzene rings is 1. The molecule has 1 aliphatic rings. The fourth-order valence-corrected chi connectivity index (χ4v) is 2.92. The molecule has 1 aliphatic heterocycles. The zero-order valence-electron chi connectivity index (χ0n) is 14.2. The highest BCUT2D eigenvalue weighted by Gasteiger charge is 2.26. The van der Waals surface area contributed by atoms with Crippen molar-refractivity contribution in [2.45, 2.75) is 19.4 Å². The van der Waals surface area contributed by atoms with Crippen LogP contribution in [0, 0.1) is 0 Å². The van der Waals surface area contributed by atoms with Crippen molar-refractivity contribution in [3.8, 4) is 11.6 Å². The second-order valence-corrected chi connectivity index (χ2v) is 6.10. The maximum Gasteiger partial charge on any atom is 0.304 e. The zero-order valence-corrected chi connectivity index (χ0v) is 14.2. The maximum absolute atomic E-state index is 10.7. The summed E-state index contributed by atoms with van der Waals surface area (Å²) in [7, 11) is 0. The fourth-order valence-electron chi connectivity index (χ4n) is 2.92. The van der Waals surface area contributed by atoms with Crippen molar-refractivity contribution in [2.75, 3.05) is 31.1 Å². The van der Waals surface area contributed by atoms with Crippen LogP contribution in [-0.2, 0) is 4.79 Å². The molecule has 1 N–H and O–H groups in total. The van der Waals surface area contributed by atoms with Gasteiger partial charge < -0.3 is 14.7 Å². The summed E-state index contributed by atoms with van der Waals surface area (Å²) in [6.45, 7) is 5.02. The van der Waals surface area contributed by atoms with Crippen LogP contribution in [0.25, 0.3) is 0 Å². The molecule has 0 aliphatic carbocycles. The lowest BCUT2D eigenvalue weighted by molar-refractivity contribution is -0.137. The Balaban J connectivity index is 1.64. The minimum atomic E-state index is -0.760. The molecule has 0 radical (unpaired) electrons. The predicted octanol–water partition coefficient (Wildman–Crippen LogP) is 2.25. The van der Waals surface area contributed by atoms with Gasteiger partial charge in [0, 0.05) is 44.5 Å². The van der Waals surface area contributed by atoms with Gasteiger partial charge >= 0.3 is 5.97 Å². The zero-order chi connectivity index (χ0) is 17.6. The lowest BCUT2D eigenvalue weighted by Crippen LogP contribution is -2.52. The Bertz CT molecular complexity index is 710. The molecule has 0 saturated carbocycles. The van der Waals surface area contributed by atoms with Crippen LogP contribution in [0.5, 0.6) is 11.6 Å². The SMILES string of the molecule is CC1CN(CCC(=O)O)CCN1c1nccc(Oc2ccccc2)n1. The monoisotopic (exact) mass is 342 g/mol. The van der Waals surface area contributed by atoms with E-state index in [0.29, 0.717) is 18.4 Å². The highest BCUT2D eigenvalue weighted by Crippen LogP contribution is 2.22. The molecule has 1 unspecified atom stereocenters. The summed E-state index contributed by atoms with van der Waals surface area (Å²) in [6, 6.07) is 11.5. The van der Waals surface area contributed by atoms with Gasteiger partial charge in [0.15, 0.2) is 0 Å². The summed E-state index contributed by atoms with van der Waals surface area (Å²) in [5, 5.41) is 8.82. The summed E-state index contributed by atoms with van der Waals surface area (Å²) >= 11 is 0. The molecular weight excluding hydrogens is 320 g/mol. The summed E-state index contributed by atoms with van der Waals surface area (Å²) < 4.78 is 5.78. The molecule has 1 aromatic carbocycles. The van der Waals surface area contributed by atoms with E-state index in [-0.39, 0.29) is 12.5 Å². The van der Waals surface area contributed by atoms with Crippen LogP contribution >= 0.6 is 0 Å². The highest BCUT2D eigenvalue weighted by atomic mass is 16.5.